The highest BCUT2D eigenvalue weighted by molar-refractivity contribution is 6.33. The van der Waals surface area contributed by atoms with Crippen LogP contribution in [0.1, 0.15) is 27.2 Å². The number of nitrogens with zero attached hydrogens (tertiary/aromatic N) is 1. The highest BCUT2D eigenvalue weighted by atomic mass is 35.5. The number of fused-ring (bicyclic) bond motifs is 1. The van der Waals surface area contributed by atoms with E-state index in [0.29, 0.717) is 23.7 Å². The molecule has 1 atom stereocenters. The molecule has 0 bridgehead atoms. The SMILES string of the molecule is Cc1ccc(NC(=O)C2Cc3ccccc3CN2C(=O)c2ccco2)c(Cl)c1. The minimum atomic E-state index is -0.662. The summed E-state index contributed by atoms with van der Waals surface area (Å²) in [4.78, 5) is 27.6. The number of nitrogens with one attached hydrogen (secondary N) is 1. The van der Waals surface area contributed by atoms with Crippen molar-refractivity contribution in [3.05, 3.63) is 88.3 Å². The summed E-state index contributed by atoms with van der Waals surface area (Å²) in [5.41, 5.74) is 3.62. The van der Waals surface area contributed by atoms with Gasteiger partial charge in [0.25, 0.3) is 5.91 Å². The van der Waals surface area contributed by atoms with E-state index in [-0.39, 0.29) is 17.6 Å². The first-order chi connectivity index (χ1) is 13.5. The number of amides is 2. The summed E-state index contributed by atoms with van der Waals surface area (Å²) >= 11 is 6.26. The van der Waals surface area contributed by atoms with Gasteiger partial charge in [0.2, 0.25) is 5.91 Å². The van der Waals surface area contributed by atoms with Gasteiger partial charge in [0.1, 0.15) is 6.04 Å². The van der Waals surface area contributed by atoms with Crippen molar-refractivity contribution in [3.63, 3.8) is 0 Å². The summed E-state index contributed by atoms with van der Waals surface area (Å²) in [6.45, 7) is 2.27. The quantitative estimate of drug-likeness (QED) is 0.714. The molecule has 2 heterocycles. The first-order valence-corrected chi connectivity index (χ1v) is 9.39. The number of carbonyl (C=O) groups excluding carboxylic acids is 2. The Morgan fingerprint density at radius 2 is 1.89 bits per heavy atom. The molecule has 2 amide bonds. The van der Waals surface area contributed by atoms with Crippen molar-refractivity contribution in [1.29, 1.82) is 0 Å². The molecule has 6 heteroatoms. The molecule has 1 aliphatic rings. The third-order valence-electron chi connectivity index (χ3n) is 4.93. The van der Waals surface area contributed by atoms with Crippen LogP contribution in [0.3, 0.4) is 0 Å². The number of halogens is 1. The van der Waals surface area contributed by atoms with E-state index in [0.717, 1.165) is 16.7 Å². The van der Waals surface area contributed by atoms with Crippen LogP contribution in [0.5, 0.6) is 0 Å². The van der Waals surface area contributed by atoms with Gasteiger partial charge in [-0.3, -0.25) is 9.59 Å². The Labute approximate surface area is 167 Å². The molecule has 28 heavy (non-hydrogen) atoms. The van der Waals surface area contributed by atoms with Crippen molar-refractivity contribution < 1.29 is 14.0 Å². The molecule has 0 aliphatic carbocycles. The largest absolute Gasteiger partial charge is 0.459 e. The molecular weight excluding hydrogens is 376 g/mol. The maximum Gasteiger partial charge on any atom is 0.290 e. The van der Waals surface area contributed by atoms with Crippen molar-refractivity contribution in [1.82, 2.24) is 4.90 Å². The molecule has 1 aromatic heterocycles. The van der Waals surface area contributed by atoms with Gasteiger partial charge in [-0.15, -0.1) is 0 Å². The smallest absolute Gasteiger partial charge is 0.290 e. The number of rotatable bonds is 3. The lowest BCUT2D eigenvalue weighted by Crippen LogP contribution is -2.50. The van der Waals surface area contributed by atoms with Gasteiger partial charge in [-0.25, -0.2) is 0 Å². The van der Waals surface area contributed by atoms with E-state index < -0.39 is 6.04 Å². The third-order valence-corrected chi connectivity index (χ3v) is 5.24. The molecule has 0 saturated carbocycles. The van der Waals surface area contributed by atoms with E-state index in [1.54, 1.807) is 29.2 Å². The van der Waals surface area contributed by atoms with Crippen molar-refractivity contribution in [2.75, 3.05) is 5.32 Å². The number of aryl methyl sites for hydroxylation is 1. The molecule has 4 rings (SSSR count). The summed E-state index contributed by atoms with van der Waals surface area (Å²) < 4.78 is 5.27. The van der Waals surface area contributed by atoms with Crippen LogP contribution in [-0.4, -0.2) is 22.8 Å². The number of hydrogen-bond donors (Lipinski definition) is 1. The van der Waals surface area contributed by atoms with Crippen molar-refractivity contribution >= 4 is 29.1 Å². The van der Waals surface area contributed by atoms with Crippen molar-refractivity contribution in [2.45, 2.75) is 25.9 Å². The predicted octanol–water partition coefficient (Wildman–Crippen LogP) is 4.45. The predicted molar refractivity (Wildman–Crippen MR) is 107 cm³/mol. The Morgan fingerprint density at radius 3 is 2.61 bits per heavy atom. The first kappa shape index (κ1) is 18.3. The zero-order valence-electron chi connectivity index (χ0n) is 15.3. The Hall–Kier alpha value is -3.05. The lowest BCUT2D eigenvalue weighted by atomic mass is 9.93. The Bertz CT molecular complexity index is 1030. The monoisotopic (exact) mass is 394 g/mol. The van der Waals surface area contributed by atoms with Gasteiger partial charge in [-0.05, 0) is 47.9 Å². The van der Waals surface area contributed by atoms with Crippen molar-refractivity contribution in [2.24, 2.45) is 0 Å². The second kappa shape index (κ2) is 7.52. The molecular formula is C22H19ClN2O3. The standard InChI is InChI=1S/C22H19ClN2O3/c1-14-8-9-18(17(23)11-14)24-21(26)19-12-15-5-2-3-6-16(15)13-25(19)22(27)20-7-4-10-28-20/h2-11,19H,12-13H2,1H3,(H,24,26). The number of anilines is 1. The molecule has 3 aromatic rings. The van der Waals surface area contributed by atoms with E-state index in [1.807, 2.05) is 37.3 Å². The van der Waals surface area contributed by atoms with Crippen LogP contribution in [-0.2, 0) is 17.8 Å². The molecule has 142 valence electrons. The van der Waals surface area contributed by atoms with Gasteiger partial charge in [-0.2, -0.15) is 0 Å². The fraction of sp³-hybridized carbons (Fsp3) is 0.182. The Kier molecular flexibility index (Phi) is 4.92. The fourth-order valence-corrected chi connectivity index (χ4v) is 3.73. The average Bonchev–Trinajstić information content (AvgIpc) is 3.23. The maximum absolute atomic E-state index is 13.1. The zero-order chi connectivity index (χ0) is 19.7. The zero-order valence-corrected chi connectivity index (χ0v) is 16.1. The van der Waals surface area contributed by atoms with Crippen molar-refractivity contribution in [3.8, 4) is 0 Å². The van der Waals surface area contributed by atoms with Crippen LogP contribution in [0.2, 0.25) is 5.02 Å². The number of carbonyl (C=O) groups is 2. The molecule has 2 aromatic carbocycles. The third kappa shape index (κ3) is 3.53. The van der Waals surface area contributed by atoms with E-state index in [2.05, 4.69) is 5.32 Å². The number of benzene rings is 2. The van der Waals surface area contributed by atoms with Gasteiger partial charge in [0.05, 0.1) is 17.0 Å². The lowest BCUT2D eigenvalue weighted by Gasteiger charge is -2.35. The summed E-state index contributed by atoms with van der Waals surface area (Å²) in [5.74, 6) is -0.375. The summed E-state index contributed by atoms with van der Waals surface area (Å²) in [6, 6.07) is 15.9. The summed E-state index contributed by atoms with van der Waals surface area (Å²) in [5, 5.41) is 3.34. The van der Waals surface area contributed by atoms with E-state index >= 15 is 0 Å². The normalized spacial score (nSPS) is 15.8. The van der Waals surface area contributed by atoms with E-state index in [9.17, 15) is 9.59 Å². The van der Waals surface area contributed by atoms with Gasteiger partial charge < -0.3 is 14.6 Å². The lowest BCUT2D eigenvalue weighted by molar-refractivity contribution is -0.121. The van der Waals surface area contributed by atoms with Crippen LogP contribution in [0.25, 0.3) is 0 Å². The number of furan rings is 1. The topological polar surface area (TPSA) is 62.6 Å². The molecule has 0 spiro atoms. The minimum absolute atomic E-state index is 0.213. The second-order valence-electron chi connectivity index (χ2n) is 6.87. The molecule has 0 saturated heterocycles. The highest BCUT2D eigenvalue weighted by Crippen LogP contribution is 2.28. The molecule has 0 radical (unpaired) electrons. The molecule has 5 nitrogen and oxygen atoms in total. The first-order valence-electron chi connectivity index (χ1n) is 9.01. The van der Waals surface area contributed by atoms with E-state index in [4.69, 9.17) is 16.0 Å². The maximum atomic E-state index is 13.1. The molecule has 1 unspecified atom stereocenters. The summed E-state index contributed by atoms with van der Waals surface area (Å²) in [7, 11) is 0. The molecule has 0 fully saturated rings. The van der Waals surface area contributed by atoms with E-state index in [1.165, 1.54) is 6.26 Å². The van der Waals surface area contributed by atoms with Gasteiger partial charge in [0, 0.05) is 13.0 Å². The second-order valence-corrected chi connectivity index (χ2v) is 7.28. The van der Waals surface area contributed by atoms with Gasteiger partial charge >= 0.3 is 0 Å². The van der Waals surface area contributed by atoms with Crippen LogP contribution >= 0.6 is 11.6 Å². The van der Waals surface area contributed by atoms with Gasteiger partial charge in [-0.1, -0.05) is 41.9 Å². The minimum Gasteiger partial charge on any atom is -0.459 e. The Balaban J connectivity index is 1.65. The highest BCUT2D eigenvalue weighted by Gasteiger charge is 2.36. The number of hydrogen-bond acceptors (Lipinski definition) is 3. The Morgan fingerprint density at radius 1 is 1.11 bits per heavy atom. The molecule has 1 N–H and O–H groups in total. The van der Waals surface area contributed by atoms with Crippen LogP contribution < -0.4 is 5.32 Å². The fourth-order valence-electron chi connectivity index (χ4n) is 3.45. The summed E-state index contributed by atoms with van der Waals surface area (Å²) in [6.07, 6.45) is 1.88. The van der Waals surface area contributed by atoms with Crippen LogP contribution in [0.15, 0.2) is 65.3 Å². The average molecular weight is 395 g/mol. The van der Waals surface area contributed by atoms with Crippen LogP contribution in [0.4, 0.5) is 5.69 Å². The van der Waals surface area contributed by atoms with Crippen LogP contribution in [0, 0.1) is 6.92 Å². The van der Waals surface area contributed by atoms with Gasteiger partial charge in [0.15, 0.2) is 5.76 Å². The molecule has 1 aliphatic heterocycles.